The minimum atomic E-state index is -6.35. The van der Waals surface area contributed by atoms with Crippen LogP contribution >= 0.6 is 0 Å². The summed E-state index contributed by atoms with van der Waals surface area (Å²) >= 11 is 0. The summed E-state index contributed by atoms with van der Waals surface area (Å²) in [7, 11) is -4.47. The SMILES string of the molecule is O=C(NCc1ccncc1)C1CC(c2ccc(C(F)(C(F)(F)F)C(F)(F)F)cc2)(S(=O)(=O)c2ccc(F)cc2)C1. The monoisotopic (exact) mass is 592 g/mol. The summed E-state index contributed by atoms with van der Waals surface area (Å²) in [5, 5.41) is 2.64. The molecule has 1 N–H and O–H groups in total. The van der Waals surface area contributed by atoms with Crippen LogP contribution in [0.5, 0.6) is 0 Å². The summed E-state index contributed by atoms with van der Waals surface area (Å²) in [4.78, 5) is 16.2. The van der Waals surface area contributed by atoms with Crippen molar-refractivity contribution in [3.63, 3.8) is 0 Å². The minimum Gasteiger partial charge on any atom is -0.352 e. The Bertz CT molecular complexity index is 1450. The Morgan fingerprint density at radius 3 is 1.88 bits per heavy atom. The number of halogens is 8. The molecule has 40 heavy (non-hydrogen) atoms. The van der Waals surface area contributed by atoms with Gasteiger partial charge in [-0.3, -0.25) is 9.78 Å². The van der Waals surface area contributed by atoms with Gasteiger partial charge in [0, 0.05) is 30.4 Å². The molecule has 1 aliphatic rings. The smallest absolute Gasteiger partial charge is 0.352 e. The first-order valence-corrected chi connectivity index (χ1v) is 13.1. The number of benzene rings is 2. The van der Waals surface area contributed by atoms with Crippen LogP contribution < -0.4 is 5.32 Å². The lowest BCUT2D eigenvalue weighted by molar-refractivity contribution is -0.348. The average Bonchev–Trinajstić information content (AvgIpc) is 2.86. The van der Waals surface area contributed by atoms with Crippen LogP contribution in [0.4, 0.5) is 35.1 Å². The van der Waals surface area contributed by atoms with E-state index in [0.29, 0.717) is 17.7 Å². The maximum Gasteiger partial charge on any atom is 0.435 e. The highest BCUT2D eigenvalue weighted by atomic mass is 32.2. The summed E-state index contributed by atoms with van der Waals surface area (Å²) in [5.74, 6) is -2.17. The van der Waals surface area contributed by atoms with Crippen molar-refractivity contribution in [2.24, 2.45) is 5.92 Å². The molecule has 4 rings (SSSR count). The van der Waals surface area contributed by atoms with Crippen LogP contribution in [0.15, 0.2) is 78.0 Å². The molecule has 0 bridgehead atoms. The molecule has 0 aliphatic heterocycles. The van der Waals surface area contributed by atoms with Crippen molar-refractivity contribution in [2.45, 2.75) is 47.1 Å². The van der Waals surface area contributed by atoms with Gasteiger partial charge in [-0.15, -0.1) is 0 Å². The predicted molar refractivity (Wildman–Crippen MR) is 125 cm³/mol. The summed E-state index contributed by atoms with van der Waals surface area (Å²) in [6.07, 6.45) is -10.5. The van der Waals surface area contributed by atoms with E-state index in [-0.39, 0.29) is 42.0 Å². The predicted octanol–water partition coefficient (Wildman–Crippen LogP) is 5.91. The zero-order valence-electron chi connectivity index (χ0n) is 20.2. The number of aromatic nitrogens is 1. The van der Waals surface area contributed by atoms with E-state index in [0.717, 1.165) is 24.3 Å². The number of rotatable bonds is 7. The van der Waals surface area contributed by atoms with E-state index in [2.05, 4.69) is 10.3 Å². The van der Waals surface area contributed by atoms with Gasteiger partial charge in [-0.05, 0) is 60.4 Å². The van der Waals surface area contributed by atoms with Crippen LogP contribution in [0.2, 0.25) is 0 Å². The second kappa shape index (κ2) is 10.1. The lowest BCUT2D eigenvalue weighted by Gasteiger charge is -2.46. The third-order valence-corrected chi connectivity index (χ3v) is 9.46. The van der Waals surface area contributed by atoms with Gasteiger partial charge in [0.05, 0.1) is 4.90 Å². The fourth-order valence-corrected chi connectivity index (χ4v) is 6.93. The number of pyridine rings is 1. The van der Waals surface area contributed by atoms with Crippen molar-refractivity contribution in [3.05, 3.63) is 95.6 Å². The molecule has 5 nitrogen and oxygen atoms in total. The number of alkyl halides is 7. The van der Waals surface area contributed by atoms with Crippen LogP contribution in [-0.2, 0) is 31.6 Å². The molecule has 3 aromatic rings. The Hall–Kier alpha value is -3.55. The third-order valence-electron chi connectivity index (χ3n) is 6.97. The van der Waals surface area contributed by atoms with Gasteiger partial charge in [-0.1, -0.05) is 24.3 Å². The highest BCUT2D eigenvalue weighted by molar-refractivity contribution is 7.92. The third kappa shape index (κ3) is 4.93. The molecule has 1 saturated carbocycles. The molecule has 14 heteroatoms. The molecular formula is C26H20F8N2O3S. The van der Waals surface area contributed by atoms with E-state index in [4.69, 9.17) is 0 Å². The van der Waals surface area contributed by atoms with Gasteiger partial charge in [0.25, 0.3) is 0 Å². The molecule has 1 heterocycles. The van der Waals surface area contributed by atoms with Crippen LogP contribution in [0.25, 0.3) is 0 Å². The normalized spacial score (nSPS) is 20.1. The summed E-state index contributed by atoms with van der Waals surface area (Å²) in [6.45, 7) is 0.0950. The maximum atomic E-state index is 14.5. The molecule has 214 valence electrons. The first-order chi connectivity index (χ1) is 18.5. The largest absolute Gasteiger partial charge is 0.435 e. The number of hydrogen-bond donors (Lipinski definition) is 1. The first-order valence-electron chi connectivity index (χ1n) is 11.6. The Labute approximate surface area is 223 Å². The lowest BCUT2D eigenvalue weighted by Crippen LogP contribution is -2.52. The van der Waals surface area contributed by atoms with E-state index >= 15 is 0 Å². The van der Waals surface area contributed by atoms with Crippen LogP contribution in [0, 0.1) is 11.7 Å². The zero-order chi connectivity index (χ0) is 29.6. The number of carbonyl (C=O) groups is 1. The Morgan fingerprint density at radius 1 is 0.850 bits per heavy atom. The summed E-state index contributed by atoms with van der Waals surface area (Å²) in [6, 6.07) is 8.73. The maximum absolute atomic E-state index is 14.5. The standard InChI is InChI=1S/C26H20F8N2O3S/c27-20-5-7-21(8-6-20)40(38,39)23(13-17(14-23)22(37)36-15-16-9-11-35-12-10-16)18-1-3-19(4-2-18)24(28,25(29,30)31)26(32,33)34/h1-12,17H,13-15H2,(H,36,37). The van der Waals surface area contributed by atoms with Gasteiger partial charge in [-0.25, -0.2) is 17.2 Å². The van der Waals surface area contributed by atoms with E-state index in [1.807, 2.05) is 0 Å². The molecule has 0 radical (unpaired) electrons. The van der Waals surface area contributed by atoms with Crippen LogP contribution in [0.3, 0.4) is 0 Å². The molecule has 1 amide bonds. The molecule has 2 aromatic carbocycles. The van der Waals surface area contributed by atoms with Gasteiger partial charge < -0.3 is 5.32 Å². The highest BCUT2D eigenvalue weighted by Crippen LogP contribution is 2.56. The number of sulfone groups is 1. The lowest BCUT2D eigenvalue weighted by atomic mass is 9.69. The van der Waals surface area contributed by atoms with Crippen molar-refractivity contribution >= 4 is 15.7 Å². The van der Waals surface area contributed by atoms with E-state index in [1.54, 1.807) is 12.1 Å². The number of hydrogen-bond acceptors (Lipinski definition) is 4. The Kier molecular flexibility index (Phi) is 7.45. The van der Waals surface area contributed by atoms with Crippen LogP contribution in [-0.4, -0.2) is 31.7 Å². The van der Waals surface area contributed by atoms with Gasteiger partial charge in [0.15, 0.2) is 9.84 Å². The van der Waals surface area contributed by atoms with E-state index in [1.165, 1.54) is 12.4 Å². The highest BCUT2D eigenvalue weighted by Gasteiger charge is 2.73. The van der Waals surface area contributed by atoms with Gasteiger partial charge in [0.2, 0.25) is 5.91 Å². The Balaban J connectivity index is 1.69. The topological polar surface area (TPSA) is 76.1 Å². The molecule has 0 saturated heterocycles. The zero-order valence-corrected chi connectivity index (χ0v) is 21.0. The minimum absolute atomic E-state index is 0.0950. The number of carbonyl (C=O) groups excluding carboxylic acids is 1. The average molecular weight is 593 g/mol. The molecule has 1 aliphatic carbocycles. The van der Waals surface area contributed by atoms with Crippen LogP contribution in [0.1, 0.15) is 29.5 Å². The number of nitrogens with one attached hydrogen (secondary N) is 1. The fourth-order valence-electron chi connectivity index (χ4n) is 4.70. The summed E-state index contributed by atoms with van der Waals surface area (Å²) < 4.78 is 133. The molecule has 1 aromatic heterocycles. The van der Waals surface area contributed by atoms with Gasteiger partial charge >= 0.3 is 18.0 Å². The Morgan fingerprint density at radius 2 is 1.38 bits per heavy atom. The van der Waals surface area contributed by atoms with Crippen molar-refractivity contribution < 1.29 is 48.3 Å². The summed E-state index contributed by atoms with van der Waals surface area (Å²) in [5.41, 5.74) is -7.02. The van der Waals surface area contributed by atoms with Crippen molar-refractivity contribution in [1.82, 2.24) is 10.3 Å². The van der Waals surface area contributed by atoms with Gasteiger partial charge in [-0.2, -0.15) is 26.3 Å². The van der Waals surface area contributed by atoms with Gasteiger partial charge in [0.1, 0.15) is 10.6 Å². The molecule has 0 atom stereocenters. The first kappa shape index (κ1) is 29.4. The van der Waals surface area contributed by atoms with Crippen molar-refractivity contribution in [2.75, 3.05) is 0 Å². The quantitative estimate of drug-likeness (QED) is 0.274. The molecule has 0 spiro atoms. The second-order valence-electron chi connectivity index (χ2n) is 9.36. The number of amides is 1. The van der Waals surface area contributed by atoms with E-state index in [9.17, 15) is 48.3 Å². The fraction of sp³-hybridized carbons (Fsp3) is 0.308. The van der Waals surface area contributed by atoms with Crippen molar-refractivity contribution in [1.29, 1.82) is 0 Å². The van der Waals surface area contributed by atoms with Crippen molar-refractivity contribution in [3.8, 4) is 0 Å². The molecule has 0 unspecified atom stereocenters. The second-order valence-corrected chi connectivity index (χ2v) is 11.6. The van der Waals surface area contributed by atoms with E-state index < -0.39 is 55.8 Å². The molecular weight excluding hydrogens is 572 g/mol. The number of nitrogens with zero attached hydrogens (tertiary/aromatic N) is 1. The molecule has 1 fully saturated rings.